The van der Waals surface area contributed by atoms with Crippen LogP contribution in [-0.2, 0) is 9.47 Å². The highest BCUT2D eigenvalue weighted by Crippen LogP contribution is 2.35. The van der Waals surface area contributed by atoms with Crippen LogP contribution in [0, 0.1) is 6.92 Å². The van der Waals surface area contributed by atoms with E-state index in [0.29, 0.717) is 86.2 Å². The number of hydrogen-bond donors (Lipinski definition) is 1. The van der Waals surface area contributed by atoms with Crippen molar-refractivity contribution in [2.45, 2.75) is 6.92 Å². The Bertz CT molecular complexity index is 1560. The number of aromatic nitrogens is 2. The average molecular weight is 622 g/mol. The van der Waals surface area contributed by atoms with E-state index in [1.807, 2.05) is 36.2 Å². The van der Waals surface area contributed by atoms with Crippen molar-refractivity contribution in [3.05, 3.63) is 77.1 Å². The lowest BCUT2D eigenvalue weighted by Crippen LogP contribution is -2.53. The van der Waals surface area contributed by atoms with E-state index in [4.69, 9.17) is 35.3 Å². The molecular weight excluding hydrogens is 586 g/mol. The van der Waals surface area contributed by atoms with Gasteiger partial charge in [0.1, 0.15) is 36.9 Å². The number of rotatable bonds is 13. The second kappa shape index (κ2) is 15.0. The van der Waals surface area contributed by atoms with Crippen LogP contribution in [0.25, 0.3) is 10.9 Å². The maximum Gasteiger partial charge on any atom is 0.265 e. The Labute approximate surface area is 261 Å². The van der Waals surface area contributed by atoms with Gasteiger partial charge in [-0.25, -0.2) is 15.0 Å². The number of hydrogen-bond acceptors (Lipinski definition) is 10. The molecule has 5 rings (SSSR count). The molecule has 0 spiro atoms. The van der Waals surface area contributed by atoms with E-state index >= 15 is 0 Å². The van der Waals surface area contributed by atoms with Gasteiger partial charge in [-0.05, 0) is 55.0 Å². The van der Waals surface area contributed by atoms with Crippen molar-refractivity contribution in [1.82, 2.24) is 20.4 Å². The van der Waals surface area contributed by atoms with Crippen LogP contribution in [0.4, 0.5) is 5.82 Å². The minimum atomic E-state index is -0.185. The zero-order valence-corrected chi connectivity index (χ0v) is 25.8. The summed E-state index contributed by atoms with van der Waals surface area (Å²) in [5.74, 6) is 3.04. The van der Waals surface area contributed by atoms with Crippen LogP contribution in [0.15, 0.2) is 60.9 Å². The first-order valence-corrected chi connectivity index (χ1v) is 14.7. The summed E-state index contributed by atoms with van der Waals surface area (Å²) in [5, 5.41) is 3.41. The second-order valence-corrected chi connectivity index (χ2v) is 10.6. The Balaban J connectivity index is 1.21. The van der Waals surface area contributed by atoms with Gasteiger partial charge in [0.15, 0.2) is 11.5 Å². The molecule has 11 nitrogen and oxygen atoms in total. The van der Waals surface area contributed by atoms with Gasteiger partial charge in [-0.2, -0.15) is 0 Å². The van der Waals surface area contributed by atoms with E-state index in [1.54, 1.807) is 50.9 Å². The lowest BCUT2D eigenvalue weighted by molar-refractivity contribution is 0.0777. The van der Waals surface area contributed by atoms with Crippen LogP contribution in [0.3, 0.4) is 0 Å². The van der Waals surface area contributed by atoms with Gasteiger partial charge in [0.2, 0.25) is 0 Å². The molecule has 1 amide bonds. The predicted octanol–water partition coefficient (Wildman–Crippen LogP) is 4.90. The number of ether oxygens (including phenoxy) is 5. The van der Waals surface area contributed by atoms with Gasteiger partial charge in [-0.1, -0.05) is 17.7 Å². The molecule has 44 heavy (non-hydrogen) atoms. The second-order valence-electron chi connectivity index (χ2n) is 10.1. The van der Waals surface area contributed by atoms with Crippen molar-refractivity contribution in [3.63, 3.8) is 0 Å². The number of carbonyl (C=O) groups excluding carboxylic acids is 1. The highest BCUT2D eigenvalue weighted by Gasteiger charge is 2.23. The molecule has 1 aliphatic rings. The summed E-state index contributed by atoms with van der Waals surface area (Å²) >= 11 is 6.20. The maximum absolute atomic E-state index is 13.0. The van der Waals surface area contributed by atoms with Gasteiger partial charge in [-0.15, -0.1) is 0 Å². The highest BCUT2D eigenvalue weighted by molar-refractivity contribution is 6.31. The predicted molar refractivity (Wildman–Crippen MR) is 168 cm³/mol. The average Bonchev–Trinajstić information content (AvgIpc) is 3.03. The van der Waals surface area contributed by atoms with Crippen molar-refractivity contribution < 1.29 is 28.5 Å². The molecule has 1 fully saturated rings. The van der Waals surface area contributed by atoms with Crippen LogP contribution in [0.2, 0.25) is 5.02 Å². The Hall–Kier alpha value is -4.16. The minimum absolute atomic E-state index is 0.185. The molecule has 1 N–H and O–H groups in total. The molecule has 0 aliphatic carbocycles. The lowest BCUT2D eigenvalue weighted by atomic mass is 10.2. The fourth-order valence-electron chi connectivity index (χ4n) is 4.68. The summed E-state index contributed by atoms with van der Waals surface area (Å²) in [6, 6.07) is 16.3. The summed E-state index contributed by atoms with van der Waals surface area (Å²) in [7, 11) is 3.25. The van der Waals surface area contributed by atoms with Gasteiger partial charge in [0, 0.05) is 62.4 Å². The molecule has 0 saturated carbocycles. The van der Waals surface area contributed by atoms with Gasteiger partial charge < -0.3 is 28.6 Å². The van der Waals surface area contributed by atoms with E-state index in [9.17, 15) is 4.79 Å². The standard InChI is InChI=1S/C32H36ClN5O6/c1-22-4-7-25(18-27(22)33)44-24-8-5-23(6-9-24)32(39)36-38-12-10-37(11-13-38)31-26-19-29(42-16-14-40-2)30(43-17-15-41-3)20-28(26)34-21-35-31/h4-9,18-21H,10-17H2,1-3H3,(H,36,39). The molecule has 0 radical (unpaired) electrons. The molecule has 0 unspecified atom stereocenters. The minimum Gasteiger partial charge on any atom is -0.487 e. The summed E-state index contributed by atoms with van der Waals surface area (Å²) in [6.45, 7) is 6.14. The molecule has 0 bridgehead atoms. The lowest BCUT2D eigenvalue weighted by Gasteiger charge is -2.35. The number of fused-ring (bicyclic) bond motifs is 1. The van der Waals surface area contributed by atoms with Crippen molar-refractivity contribution in [2.24, 2.45) is 0 Å². The van der Waals surface area contributed by atoms with Gasteiger partial charge >= 0.3 is 0 Å². The van der Waals surface area contributed by atoms with Crippen molar-refractivity contribution in [3.8, 4) is 23.0 Å². The molecule has 2 heterocycles. The molecule has 3 aromatic carbocycles. The molecule has 232 valence electrons. The number of anilines is 1. The van der Waals surface area contributed by atoms with Crippen LogP contribution in [0.1, 0.15) is 15.9 Å². The number of benzene rings is 3. The molecule has 0 atom stereocenters. The zero-order chi connectivity index (χ0) is 30.9. The van der Waals surface area contributed by atoms with Gasteiger partial charge in [-0.3, -0.25) is 10.2 Å². The number of nitrogens with zero attached hydrogens (tertiary/aromatic N) is 4. The Morgan fingerprint density at radius 1 is 0.841 bits per heavy atom. The summed E-state index contributed by atoms with van der Waals surface area (Å²) in [4.78, 5) is 24.2. The number of halogens is 1. The number of amides is 1. The summed E-state index contributed by atoms with van der Waals surface area (Å²) in [5.41, 5.74) is 5.28. The number of aryl methyl sites for hydroxylation is 1. The SMILES string of the molecule is COCCOc1cc2ncnc(N3CCN(NC(=O)c4ccc(Oc5ccc(C)c(Cl)c5)cc4)CC3)c2cc1OCCOC. The topological polar surface area (TPSA) is 108 Å². The Morgan fingerprint density at radius 3 is 2.16 bits per heavy atom. The van der Waals surface area contributed by atoms with E-state index in [-0.39, 0.29) is 5.91 Å². The number of carbonyl (C=O) groups is 1. The number of methoxy groups -OCH3 is 2. The van der Waals surface area contributed by atoms with Crippen LogP contribution in [0.5, 0.6) is 23.0 Å². The Kier molecular flexibility index (Phi) is 10.7. The molecule has 4 aromatic rings. The van der Waals surface area contributed by atoms with Crippen molar-refractivity contribution in [1.29, 1.82) is 0 Å². The third-order valence-electron chi connectivity index (χ3n) is 7.10. The third kappa shape index (κ3) is 7.86. The fraction of sp³-hybridized carbons (Fsp3) is 0.344. The number of hydrazine groups is 1. The van der Waals surface area contributed by atoms with Crippen molar-refractivity contribution in [2.75, 3.05) is 71.7 Å². The van der Waals surface area contributed by atoms with Crippen LogP contribution < -0.4 is 24.5 Å². The highest BCUT2D eigenvalue weighted by atomic mass is 35.5. The normalized spacial score (nSPS) is 13.6. The summed E-state index contributed by atoms with van der Waals surface area (Å²) in [6.07, 6.45) is 1.55. The third-order valence-corrected chi connectivity index (χ3v) is 7.51. The van der Waals surface area contributed by atoms with E-state index < -0.39 is 0 Å². The smallest absolute Gasteiger partial charge is 0.265 e. The van der Waals surface area contributed by atoms with E-state index in [2.05, 4.69) is 20.3 Å². The first-order chi connectivity index (χ1) is 21.4. The van der Waals surface area contributed by atoms with Crippen LogP contribution >= 0.6 is 11.6 Å². The van der Waals surface area contributed by atoms with E-state index in [0.717, 1.165) is 22.3 Å². The van der Waals surface area contributed by atoms with Gasteiger partial charge in [0.05, 0.1) is 18.7 Å². The number of piperazine rings is 1. The first kappa shape index (κ1) is 31.3. The molecule has 12 heteroatoms. The first-order valence-electron chi connectivity index (χ1n) is 14.3. The monoisotopic (exact) mass is 621 g/mol. The van der Waals surface area contributed by atoms with Gasteiger partial charge in [0.25, 0.3) is 5.91 Å². The van der Waals surface area contributed by atoms with E-state index in [1.165, 1.54) is 0 Å². The summed E-state index contributed by atoms with van der Waals surface area (Å²) < 4.78 is 28.0. The van der Waals surface area contributed by atoms with Crippen LogP contribution in [-0.4, -0.2) is 87.7 Å². The molecular formula is C32H36ClN5O6. The fourth-order valence-corrected chi connectivity index (χ4v) is 4.85. The largest absolute Gasteiger partial charge is 0.487 e. The van der Waals surface area contributed by atoms with Crippen molar-refractivity contribution >= 4 is 34.2 Å². The quantitative estimate of drug-likeness (QED) is 0.207. The Morgan fingerprint density at radius 2 is 1.50 bits per heavy atom. The molecule has 1 saturated heterocycles. The molecule has 1 aliphatic heterocycles. The number of nitrogens with one attached hydrogen (secondary N) is 1. The molecule has 1 aromatic heterocycles. The zero-order valence-electron chi connectivity index (χ0n) is 25.0. The maximum atomic E-state index is 13.0.